The van der Waals surface area contributed by atoms with Crippen LogP contribution >= 0.6 is 22.6 Å². The molecule has 12 heteroatoms. The summed E-state index contributed by atoms with van der Waals surface area (Å²) in [6, 6.07) is 0. The minimum atomic E-state index is -6.45. The van der Waals surface area contributed by atoms with Crippen molar-refractivity contribution in [3.63, 3.8) is 0 Å². The van der Waals surface area contributed by atoms with Gasteiger partial charge < -0.3 is 10.2 Å². The highest BCUT2D eigenvalue weighted by Crippen LogP contribution is 2.53. The van der Waals surface area contributed by atoms with E-state index in [4.69, 9.17) is 10.2 Å². The van der Waals surface area contributed by atoms with E-state index in [1.54, 1.807) is 0 Å². The first-order valence-corrected chi connectivity index (χ1v) is 6.18. The molecule has 2 nitrogen and oxygen atoms in total. The molecular weight excluding hydrogens is 426 g/mol. The van der Waals surface area contributed by atoms with E-state index in [2.05, 4.69) is 0 Å². The Balaban J connectivity index is 6.19. The molecular formula is C8H8F9IO2. The summed E-state index contributed by atoms with van der Waals surface area (Å²) >= 11 is 0.800. The van der Waals surface area contributed by atoms with E-state index in [0.29, 0.717) is 0 Å². The first kappa shape index (κ1) is 20.0. The van der Waals surface area contributed by atoms with Crippen LogP contribution in [0, 0.1) is 5.92 Å². The maximum atomic E-state index is 12.5. The summed E-state index contributed by atoms with van der Waals surface area (Å²) in [5.41, 5.74) is -10.1. The van der Waals surface area contributed by atoms with E-state index in [-0.39, 0.29) is 6.92 Å². The molecule has 0 rings (SSSR count). The topological polar surface area (TPSA) is 40.5 Å². The van der Waals surface area contributed by atoms with Gasteiger partial charge in [-0.3, -0.25) is 0 Å². The van der Waals surface area contributed by atoms with E-state index in [1.807, 2.05) is 0 Å². The average Bonchev–Trinajstić information content (AvgIpc) is 2.12. The fourth-order valence-electron chi connectivity index (χ4n) is 1.42. The fourth-order valence-corrected chi connectivity index (χ4v) is 2.92. The summed E-state index contributed by atoms with van der Waals surface area (Å²) in [5, 5.41) is 18.0. The van der Waals surface area contributed by atoms with Gasteiger partial charge in [0, 0.05) is 4.43 Å². The zero-order valence-corrected chi connectivity index (χ0v) is 11.6. The Morgan fingerprint density at radius 2 is 1.10 bits per heavy atom. The van der Waals surface area contributed by atoms with Gasteiger partial charge in [-0.25, -0.2) is 0 Å². The highest BCUT2D eigenvalue weighted by molar-refractivity contribution is 14.1. The van der Waals surface area contributed by atoms with Crippen LogP contribution in [-0.2, 0) is 0 Å². The highest BCUT2D eigenvalue weighted by atomic mass is 127. The van der Waals surface area contributed by atoms with E-state index in [0.717, 1.165) is 22.6 Å². The minimum Gasteiger partial charge on any atom is -0.380 e. The zero-order valence-electron chi connectivity index (χ0n) is 9.46. The van der Waals surface area contributed by atoms with Crippen LogP contribution in [0.3, 0.4) is 0 Å². The zero-order chi connectivity index (χ0) is 16.8. The number of hydrogen-bond donors (Lipinski definition) is 2. The molecule has 0 aromatic rings. The van der Waals surface area contributed by atoms with Gasteiger partial charge in [0.1, 0.15) is 0 Å². The molecule has 2 N–H and O–H groups in total. The third kappa shape index (κ3) is 3.10. The predicted molar refractivity (Wildman–Crippen MR) is 56.1 cm³/mol. The Morgan fingerprint density at radius 3 is 1.25 bits per heavy atom. The smallest absolute Gasteiger partial charge is 0.380 e. The van der Waals surface area contributed by atoms with Gasteiger partial charge in [-0.2, -0.15) is 39.5 Å². The molecule has 2 unspecified atom stereocenters. The summed E-state index contributed by atoms with van der Waals surface area (Å²) in [6.07, 6.45) is -18.7. The monoisotopic (exact) mass is 434 g/mol. The Kier molecular flexibility index (Phi) is 5.34. The quantitative estimate of drug-likeness (QED) is 0.407. The lowest BCUT2D eigenvalue weighted by Crippen LogP contribution is -2.69. The van der Waals surface area contributed by atoms with Crippen LogP contribution in [0.5, 0.6) is 0 Å². The van der Waals surface area contributed by atoms with Crippen LogP contribution in [0.25, 0.3) is 0 Å². The molecule has 0 aromatic heterocycles. The van der Waals surface area contributed by atoms with Crippen LogP contribution in [0.15, 0.2) is 0 Å². The summed E-state index contributed by atoms with van der Waals surface area (Å²) in [7, 11) is 0. The van der Waals surface area contributed by atoms with Crippen molar-refractivity contribution < 1.29 is 49.7 Å². The van der Waals surface area contributed by atoms with Gasteiger partial charge in [0.25, 0.3) is 5.60 Å². The van der Waals surface area contributed by atoms with Crippen molar-refractivity contribution in [3.8, 4) is 0 Å². The van der Waals surface area contributed by atoms with Crippen molar-refractivity contribution in [2.75, 3.05) is 4.43 Å². The highest BCUT2D eigenvalue weighted by Gasteiger charge is 2.78. The number of halogens is 10. The maximum Gasteiger partial charge on any atom is 0.426 e. The Bertz CT molecular complexity index is 329. The molecule has 0 aliphatic heterocycles. The molecule has 0 aliphatic rings. The standard InChI is InChI=1S/C8H8F9IO2/c1-4(19,6(9,10)11)3(2-18)5(20,7(12,13)14)8(15,16)17/h3,19-20H,2H2,1H3. The second-order valence-corrected chi connectivity index (χ2v) is 4.99. The second-order valence-electron chi connectivity index (χ2n) is 4.11. The lowest BCUT2D eigenvalue weighted by molar-refractivity contribution is -0.408. The van der Waals surface area contributed by atoms with Crippen LogP contribution in [0.2, 0.25) is 0 Å². The van der Waals surface area contributed by atoms with Crippen LogP contribution < -0.4 is 0 Å². The molecule has 2 atom stereocenters. The Labute approximate surface area is 120 Å². The lowest BCUT2D eigenvalue weighted by Gasteiger charge is -2.44. The van der Waals surface area contributed by atoms with Crippen molar-refractivity contribution >= 4 is 22.6 Å². The Morgan fingerprint density at radius 1 is 0.800 bits per heavy atom. The average molecular weight is 434 g/mol. The summed E-state index contributed by atoms with van der Waals surface area (Å²) < 4.78 is 111. The molecule has 0 saturated heterocycles. The first-order chi connectivity index (χ1) is 8.44. The number of alkyl halides is 10. The largest absolute Gasteiger partial charge is 0.426 e. The maximum absolute atomic E-state index is 12.5. The number of hydrogen-bond acceptors (Lipinski definition) is 2. The molecule has 0 fully saturated rings. The predicted octanol–water partition coefficient (Wildman–Crippen LogP) is 3.21. The van der Waals surface area contributed by atoms with Gasteiger partial charge >= 0.3 is 18.5 Å². The second kappa shape index (κ2) is 5.34. The van der Waals surface area contributed by atoms with Crippen molar-refractivity contribution in [2.24, 2.45) is 5.92 Å². The third-order valence-corrected chi connectivity index (χ3v) is 3.66. The molecule has 0 radical (unpaired) electrons. The lowest BCUT2D eigenvalue weighted by atomic mass is 9.75. The van der Waals surface area contributed by atoms with E-state index >= 15 is 0 Å². The van der Waals surface area contributed by atoms with Crippen molar-refractivity contribution in [2.45, 2.75) is 36.7 Å². The van der Waals surface area contributed by atoms with Crippen LogP contribution in [-0.4, -0.2) is 44.4 Å². The van der Waals surface area contributed by atoms with E-state index in [9.17, 15) is 39.5 Å². The summed E-state index contributed by atoms with van der Waals surface area (Å²) in [5.74, 6) is -3.59. The fraction of sp³-hybridized carbons (Fsp3) is 1.00. The molecule has 0 aromatic carbocycles. The molecule has 0 amide bonds. The number of aliphatic hydroxyl groups is 2. The van der Waals surface area contributed by atoms with Crippen molar-refractivity contribution in [1.82, 2.24) is 0 Å². The van der Waals surface area contributed by atoms with Crippen molar-refractivity contribution in [1.29, 1.82) is 0 Å². The minimum absolute atomic E-state index is 0.251. The Hall–Kier alpha value is 0.0200. The molecule has 122 valence electrons. The summed E-state index contributed by atoms with van der Waals surface area (Å²) in [6.45, 7) is -0.251. The van der Waals surface area contributed by atoms with Gasteiger partial charge in [0.15, 0.2) is 5.60 Å². The van der Waals surface area contributed by atoms with E-state index in [1.165, 1.54) is 0 Å². The third-order valence-electron chi connectivity index (χ3n) is 2.78. The van der Waals surface area contributed by atoms with Crippen LogP contribution in [0.1, 0.15) is 6.92 Å². The first-order valence-electron chi connectivity index (χ1n) is 4.65. The van der Waals surface area contributed by atoms with Crippen LogP contribution in [0.4, 0.5) is 39.5 Å². The molecule has 20 heavy (non-hydrogen) atoms. The van der Waals surface area contributed by atoms with E-state index < -0.39 is 40.1 Å². The normalized spacial score (nSPS) is 19.6. The van der Waals surface area contributed by atoms with Gasteiger partial charge in [-0.1, -0.05) is 22.6 Å². The molecule has 0 spiro atoms. The number of rotatable bonds is 3. The van der Waals surface area contributed by atoms with Gasteiger partial charge in [-0.05, 0) is 6.92 Å². The van der Waals surface area contributed by atoms with Gasteiger partial charge in [-0.15, -0.1) is 0 Å². The molecule has 0 aliphatic carbocycles. The SMILES string of the molecule is CC(O)(C(CI)C(O)(C(F)(F)F)C(F)(F)F)C(F)(F)F. The van der Waals surface area contributed by atoms with Crippen molar-refractivity contribution in [3.05, 3.63) is 0 Å². The molecule has 0 saturated carbocycles. The molecule has 0 bridgehead atoms. The molecule has 0 heterocycles. The van der Waals surface area contributed by atoms with Gasteiger partial charge in [0.2, 0.25) is 0 Å². The summed E-state index contributed by atoms with van der Waals surface area (Å²) in [4.78, 5) is 0. The van der Waals surface area contributed by atoms with Gasteiger partial charge in [0.05, 0.1) is 5.92 Å².